The summed E-state index contributed by atoms with van der Waals surface area (Å²) < 4.78 is 1.95. The van der Waals surface area contributed by atoms with E-state index in [4.69, 9.17) is 5.84 Å². The summed E-state index contributed by atoms with van der Waals surface area (Å²) in [7, 11) is 0. The maximum Gasteiger partial charge on any atom is 0.0538 e. The molecule has 1 aromatic heterocycles. The third-order valence-electron chi connectivity index (χ3n) is 3.39. The average Bonchev–Trinajstić information content (AvgIpc) is 2.89. The molecule has 1 aromatic rings. The van der Waals surface area contributed by atoms with Gasteiger partial charge in [-0.15, -0.1) is 0 Å². The lowest BCUT2D eigenvalue weighted by Crippen LogP contribution is -2.32. The van der Waals surface area contributed by atoms with E-state index in [1.165, 1.54) is 31.2 Å². The van der Waals surface area contributed by atoms with Crippen molar-refractivity contribution < 1.29 is 0 Å². The van der Waals surface area contributed by atoms with E-state index in [-0.39, 0.29) is 6.04 Å². The van der Waals surface area contributed by atoms with E-state index in [0.29, 0.717) is 5.92 Å². The van der Waals surface area contributed by atoms with Crippen LogP contribution in [-0.4, -0.2) is 9.78 Å². The van der Waals surface area contributed by atoms with Gasteiger partial charge in [0.2, 0.25) is 0 Å². The van der Waals surface area contributed by atoms with Crippen LogP contribution in [0.4, 0.5) is 0 Å². The molecule has 1 unspecified atom stereocenters. The normalized spacial score (nSPS) is 19.6. The van der Waals surface area contributed by atoms with Gasteiger partial charge in [0, 0.05) is 18.3 Å². The number of hydrazine groups is 1. The van der Waals surface area contributed by atoms with Gasteiger partial charge in [-0.05, 0) is 25.7 Å². The maximum absolute atomic E-state index is 5.65. The maximum atomic E-state index is 5.65. The van der Waals surface area contributed by atoms with Crippen LogP contribution in [-0.2, 0) is 6.54 Å². The summed E-state index contributed by atoms with van der Waals surface area (Å²) in [4.78, 5) is 0. The highest BCUT2D eigenvalue weighted by Crippen LogP contribution is 2.34. The molecule has 1 heterocycles. The van der Waals surface area contributed by atoms with Gasteiger partial charge < -0.3 is 0 Å². The number of nitrogens with two attached hydrogens (primary N) is 1. The van der Waals surface area contributed by atoms with E-state index in [9.17, 15) is 0 Å². The summed E-state index contributed by atoms with van der Waals surface area (Å²) in [6.45, 7) is 3.01. The molecule has 0 aliphatic heterocycles. The molecule has 2 rings (SSSR count). The average molecular weight is 208 g/mol. The van der Waals surface area contributed by atoms with Gasteiger partial charge in [0.25, 0.3) is 0 Å². The van der Waals surface area contributed by atoms with Gasteiger partial charge in [0.05, 0.1) is 12.2 Å². The molecule has 15 heavy (non-hydrogen) atoms. The van der Waals surface area contributed by atoms with Gasteiger partial charge >= 0.3 is 0 Å². The van der Waals surface area contributed by atoms with Crippen LogP contribution < -0.4 is 11.3 Å². The molecule has 4 heteroatoms. The number of nitrogens with one attached hydrogen (secondary N) is 1. The van der Waals surface area contributed by atoms with Crippen molar-refractivity contribution in [2.75, 3.05) is 0 Å². The third kappa shape index (κ3) is 2.21. The molecule has 1 fully saturated rings. The minimum absolute atomic E-state index is 0.285. The lowest BCUT2D eigenvalue weighted by molar-refractivity contribution is 0.373. The number of aryl methyl sites for hydroxylation is 1. The standard InChI is InChI=1S/C11H20N4/c1-2-15-8-10(7-13-15)11(14-12)9-5-3-4-6-9/h7-9,11,14H,2-6,12H2,1H3. The first-order chi connectivity index (χ1) is 7.35. The first-order valence-corrected chi connectivity index (χ1v) is 5.83. The van der Waals surface area contributed by atoms with Gasteiger partial charge in [0.1, 0.15) is 0 Å². The Morgan fingerprint density at radius 1 is 1.60 bits per heavy atom. The molecule has 0 saturated heterocycles. The Hall–Kier alpha value is -0.870. The molecular weight excluding hydrogens is 188 g/mol. The topological polar surface area (TPSA) is 55.9 Å². The lowest BCUT2D eigenvalue weighted by Gasteiger charge is -2.20. The van der Waals surface area contributed by atoms with Gasteiger partial charge in [0.15, 0.2) is 0 Å². The van der Waals surface area contributed by atoms with Gasteiger partial charge in [-0.2, -0.15) is 5.10 Å². The number of hydrogen-bond acceptors (Lipinski definition) is 3. The number of rotatable bonds is 4. The number of hydrogen-bond donors (Lipinski definition) is 2. The zero-order chi connectivity index (χ0) is 10.7. The van der Waals surface area contributed by atoms with Crippen LogP contribution in [0, 0.1) is 5.92 Å². The summed E-state index contributed by atoms with van der Waals surface area (Å²) in [5, 5.41) is 4.30. The van der Waals surface area contributed by atoms with Crippen LogP contribution in [0.25, 0.3) is 0 Å². The fraction of sp³-hybridized carbons (Fsp3) is 0.727. The molecule has 3 N–H and O–H groups in total. The Morgan fingerprint density at radius 2 is 2.33 bits per heavy atom. The predicted octanol–water partition coefficient (Wildman–Crippen LogP) is 1.60. The van der Waals surface area contributed by atoms with E-state index >= 15 is 0 Å². The quantitative estimate of drug-likeness (QED) is 0.583. The highest BCUT2D eigenvalue weighted by Gasteiger charge is 2.26. The molecule has 0 spiro atoms. The molecule has 0 radical (unpaired) electrons. The molecule has 84 valence electrons. The van der Waals surface area contributed by atoms with Crippen molar-refractivity contribution in [2.24, 2.45) is 11.8 Å². The van der Waals surface area contributed by atoms with Gasteiger partial charge in [-0.1, -0.05) is 12.8 Å². The number of aromatic nitrogens is 2. The van der Waals surface area contributed by atoms with Crippen molar-refractivity contribution in [3.05, 3.63) is 18.0 Å². The van der Waals surface area contributed by atoms with Crippen molar-refractivity contribution in [1.29, 1.82) is 0 Å². The summed E-state index contributed by atoms with van der Waals surface area (Å²) in [5.74, 6) is 6.33. The van der Waals surface area contributed by atoms with Crippen LogP contribution >= 0.6 is 0 Å². The van der Waals surface area contributed by atoms with Crippen molar-refractivity contribution in [3.8, 4) is 0 Å². The fourth-order valence-corrected chi connectivity index (χ4v) is 2.51. The molecule has 0 amide bonds. The van der Waals surface area contributed by atoms with E-state index in [1.54, 1.807) is 0 Å². The lowest BCUT2D eigenvalue weighted by atomic mass is 9.94. The predicted molar refractivity (Wildman–Crippen MR) is 59.9 cm³/mol. The highest BCUT2D eigenvalue weighted by molar-refractivity contribution is 5.12. The largest absolute Gasteiger partial charge is 0.273 e. The van der Waals surface area contributed by atoms with Crippen molar-refractivity contribution >= 4 is 0 Å². The zero-order valence-electron chi connectivity index (χ0n) is 9.32. The minimum Gasteiger partial charge on any atom is -0.273 e. The third-order valence-corrected chi connectivity index (χ3v) is 3.39. The van der Waals surface area contributed by atoms with E-state index in [1.807, 2.05) is 10.9 Å². The van der Waals surface area contributed by atoms with Crippen LogP contribution in [0.15, 0.2) is 12.4 Å². The van der Waals surface area contributed by atoms with Crippen LogP contribution in [0.2, 0.25) is 0 Å². The molecule has 4 nitrogen and oxygen atoms in total. The molecule has 1 saturated carbocycles. The molecular formula is C11H20N4. The smallest absolute Gasteiger partial charge is 0.0538 e. The van der Waals surface area contributed by atoms with Crippen LogP contribution in [0.5, 0.6) is 0 Å². The minimum atomic E-state index is 0.285. The molecule has 0 aromatic carbocycles. The summed E-state index contributed by atoms with van der Waals surface area (Å²) in [5.41, 5.74) is 4.17. The van der Waals surface area contributed by atoms with Crippen molar-refractivity contribution in [2.45, 2.75) is 45.2 Å². The first kappa shape index (κ1) is 10.6. The van der Waals surface area contributed by atoms with Crippen LogP contribution in [0.1, 0.15) is 44.2 Å². The molecule has 1 atom stereocenters. The zero-order valence-corrected chi connectivity index (χ0v) is 9.32. The monoisotopic (exact) mass is 208 g/mol. The van der Waals surface area contributed by atoms with Crippen LogP contribution in [0.3, 0.4) is 0 Å². The molecule has 1 aliphatic rings. The highest BCUT2D eigenvalue weighted by atomic mass is 15.3. The second-order valence-corrected chi connectivity index (χ2v) is 4.32. The first-order valence-electron chi connectivity index (χ1n) is 5.83. The van der Waals surface area contributed by atoms with E-state index < -0.39 is 0 Å². The number of nitrogens with zero attached hydrogens (tertiary/aromatic N) is 2. The molecule has 1 aliphatic carbocycles. The Balaban J connectivity index is 2.10. The van der Waals surface area contributed by atoms with E-state index in [0.717, 1.165) is 6.54 Å². The van der Waals surface area contributed by atoms with Gasteiger partial charge in [-0.3, -0.25) is 16.0 Å². The Morgan fingerprint density at radius 3 is 2.87 bits per heavy atom. The second kappa shape index (κ2) is 4.77. The van der Waals surface area contributed by atoms with Gasteiger partial charge in [-0.25, -0.2) is 0 Å². The van der Waals surface area contributed by atoms with Crippen molar-refractivity contribution in [1.82, 2.24) is 15.2 Å². The fourth-order valence-electron chi connectivity index (χ4n) is 2.51. The Labute approximate surface area is 90.8 Å². The summed E-state index contributed by atoms with van der Waals surface area (Å²) >= 11 is 0. The Bertz CT molecular complexity index is 301. The molecule has 0 bridgehead atoms. The van der Waals surface area contributed by atoms with Crippen molar-refractivity contribution in [3.63, 3.8) is 0 Å². The Kier molecular flexibility index (Phi) is 3.38. The summed E-state index contributed by atoms with van der Waals surface area (Å²) in [6.07, 6.45) is 9.28. The summed E-state index contributed by atoms with van der Waals surface area (Å²) in [6, 6.07) is 0.285. The SMILES string of the molecule is CCn1cc(C(NN)C2CCCC2)cn1. The second-order valence-electron chi connectivity index (χ2n) is 4.32. The van der Waals surface area contributed by atoms with E-state index in [2.05, 4.69) is 23.6 Å².